The average molecular weight is 197 g/mol. The van der Waals surface area contributed by atoms with Gasteiger partial charge in [0, 0.05) is 0 Å². The first-order chi connectivity index (χ1) is 6.63. The molecular formula is C10H15NO3. The van der Waals surface area contributed by atoms with Crippen molar-refractivity contribution in [1.29, 1.82) is 0 Å². The Labute approximate surface area is 83.1 Å². The number of nitrogens with zero attached hydrogens (tertiary/aromatic N) is 1. The van der Waals surface area contributed by atoms with Crippen molar-refractivity contribution in [3.8, 4) is 0 Å². The highest BCUT2D eigenvalue weighted by atomic mass is 16.4. The van der Waals surface area contributed by atoms with Gasteiger partial charge < -0.3 is 9.52 Å². The molecule has 78 valence electrons. The maximum absolute atomic E-state index is 10.5. The molecular weight excluding hydrogens is 182 g/mol. The molecule has 0 fully saturated rings. The van der Waals surface area contributed by atoms with Crippen molar-refractivity contribution in [2.24, 2.45) is 0 Å². The van der Waals surface area contributed by atoms with E-state index in [2.05, 4.69) is 11.8 Å². The normalized spacial score (nSPS) is 10.8. The van der Waals surface area contributed by atoms with Crippen molar-refractivity contribution in [3.63, 3.8) is 0 Å². The van der Waals surface area contributed by atoms with Crippen LogP contribution < -0.4 is 0 Å². The second kappa shape index (κ2) is 4.81. The molecule has 0 saturated carbocycles. The number of hydrogen-bond donors (Lipinski definition) is 1. The van der Waals surface area contributed by atoms with E-state index >= 15 is 0 Å². The number of hydrogen-bond acceptors (Lipinski definition) is 3. The molecule has 0 radical (unpaired) electrons. The number of carboxylic acid groups (broad SMARTS) is 1. The van der Waals surface area contributed by atoms with E-state index in [0.29, 0.717) is 12.3 Å². The molecule has 0 aromatic carbocycles. The Bertz CT molecular complexity index is 306. The van der Waals surface area contributed by atoms with Gasteiger partial charge in [-0.2, -0.15) is 0 Å². The second-order valence-electron chi connectivity index (χ2n) is 3.31. The SMILES string of the molecule is CCCN(C)Cc1ccc(C(=O)O)o1. The summed E-state index contributed by atoms with van der Waals surface area (Å²) in [5, 5.41) is 8.63. The van der Waals surface area contributed by atoms with E-state index in [1.54, 1.807) is 6.07 Å². The molecule has 1 heterocycles. The Morgan fingerprint density at radius 2 is 2.29 bits per heavy atom. The van der Waals surface area contributed by atoms with Crippen LogP contribution in [0.3, 0.4) is 0 Å². The van der Waals surface area contributed by atoms with E-state index in [-0.39, 0.29) is 5.76 Å². The molecule has 0 unspecified atom stereocenters. The summed E-state index contributed by atoms with van der Waals surface area (Å²) in [6.07, 6.45) is 1.07. The lowest BCUT2D eigenvalue weighted by atomic mass is 10.4. The summed E-state index contributed by atoms with van der Waals surface area (Å²) < 4.78 is 5.12. The lowest BCUT2D eigenvalue weighted by Gasteiger charge is -2.12. The molecule has 1 aromatic rings. The Morgan fingerprint density at radius 1 is 1.57 bits per heavy atom. The van der Waals surface area contributed by atoms with E-state index in [9.17, 15) is 4.79 Å². The Hall–Kier alpha value is -1.29. The zero-order valence-electron chi connectivity index (χ0n) is 8.49. The topological polar surface area (TPSA) is 53.7 Å². The lowest BCUT2D eigenvalue weighted by Crippen LogP contribution is -2.17. The fourth-order valence-electron chi connectivity index (χ4n) is 1.30. The minimum absolute atomic E-state index is 0.00454. The number of furan rings is 1. The van der Waals surface area contributed by atoms with Gasteiger partial charge in [-0.1, -0.05) is 6.92 Å². The van der Waals surface area contributed by atoms with E-state index in [4.69, 9.17) is 9.52 Å². The minimum Gasteiger partial charge on any atom is -0.475 e. The summed E-state index contributed by atoms with van der Waals surface area (Å²) >= 11 is 0. The zero-order chi connectivity index (χ0) is 10.6. The molecule has 0 bridgehead atoms. The van der Waals surface area contributed by atoms with E-state index < -0.39 is 5.97 Å². The van der Waals surface area contributed by atoms with Crippen molar-refractivity contribution in [2.75, 3.05) is 13.6 Å². The standard InChI is InChI=1S/C10H15NO3/c1-3-6-11(2)7-8-4-5-9(14-8)10(12)13/h4-5H,3,6-7H2,1-2H3,(H,12,13). The Kier molecular flexibility index (Phi) is 3.71. The van der Waals surface area contributed by atoms with Crippen LogP contribution in [-0.4, -0.2) is 29.6 Å². The third kappa shape index (κ3) is 2.88. The van der Waals surface area contributed by atoms with Crippen molar-refractivity contribution in [3.05, 3.63) is 23.7 Å². The van der Waals surface area contributed by atoms with Crippen LogP contribution in [0.15, 0.2) is 16.5 Å². The number of carboxylic acids is 1. The van der Waals surface area contributed by atoms with Gasteiger partial charge in [-0.25, -0.2) is 4.79 Å². The van der Waals surface area contributed by atoms with Gasteiger partial charge in [0.05, 0.1) is 6.54 Å². The second-order valence-corrected chi connectivity index (χ2v) is 3.31. The Balaban J connectivity index is 2.55. The summed E-state index contributed by atoms with van der Waals surface area (Å²) in [4.78, 5) is 12.6. The molecule has 0 aliphatic rings. The fraction of sp³-hybridized carbons (Fsp3) is 0.500. The van der Waals surface area contributed by atoms with Crippen molar-refractivity contribution in [2.45, 2.75) is 19.9 Å². The van der Waals surface area contributed by atoms with E-state index in [1.165, 1.54) is 6.07 Å². The first-order valence-electron chi connectivity index (χ1n) is 4.64. The molecule has 0 atom stereocenters. The van der Waals surface area contributed by atoms with Crippen molar-refractivity contribution >= 4 is 5.97 Å². The van der Waals surface area contributed by atoms with Crippen LogP contribution in [0.4, 0.5) is 0 Å². The van der Waals surface area contributed by atoms with Gasteiger partial charge in [0.2, 0.25) is 5.76 Å². The fourth-order valence-corrected chi connectivity index (χ4v) is 1.30. The van der Waals surface area contributed by atoms with Crippen LogP contribution in [0.5, 0.6) is 0 Å². The van der Waals surface area contributed by atoms with E-state index in [1.807, 2.05) is 7.05 Å². The van der Waals surface area contributed by atoms with Crippen LogP contribution in [0.2, 0.25) is 0 Å². The first-order valence-corrected chi connectivity index (χ1v) is 4.64. The van der Waals surface area contributed by atoms with Gasteiger partial charge in [-0.3, -0.25) is 4.90 Å². The predicted octanol–water partition coefficient (Wildman–Crippen LogP) is 1.82. The van der Waals surface area contributed by atoms with Gasteiger partial charge in [0.15, 0.2) is 0 Å². The molecule has 4 nitrogen and oxygen atoms in total. The predicted molar refractivity (Wildman–Crippen MR) is 52.3 cm³/mol. The maximum atomic E-state index is 10.5. The van der Waals surface area contributed by atoms with Crippen LogP contribution in [0.25, 0.3) is 0 Å². The number of rotatable bonds is 5. The largest absolute Gasteiger partial charge is 0.475 e. The third-order valence-corrected chi connectivity index (χ3v) is 1.90. The smallest absolute Gasteiger partial charge is 0.371 e. The number of aromatic carboxylic acids is 1. The van der Waals surface area contributed by atoms with Gasteiger partial charge in [0.25, 0.3) is 0 Å². The summed E-state index contributed by atoms with van der Waals surface area (Å²) in [6, 6.07) is 3.19. The zero-order valence-corrected chi connectivity index (χ0v) is 8.49. The molecule has 1 N–H and O–H groups in total. The monoisotopic (exact) mass is 197 g/mol. The van der Waals surface area contributed by atoms with Crippen LogP contribution in [0, 0.1) is 0 Å². The van der Waals surface area contributed by atoms with Crippen molar-refractivity contribution < 1.29 is 14.3 Å². The average Bonchev–Trinajstić information content (AvgIpc) is 2.53. The molecule has 14 heavy (non-hydrogen) atoms. The summed E-state index contributed by atoms with van der Waals surface area (Å²) in [7, 11) is 1.98. The van der Waals surface area contributed by atoms with Gasteiger partial charge in [-0.15, -0.1) is 0 Å². The molecule has 0 spiro atoms. The molecule has 4 heteroatoms. The third-order valence-electron chi connectivity index (χ3n) is 1.90. The quantitative estimate of drug-likeness (QED) is 0.782. The molecule has 0 aliphatic carbocycles. The first kappa shape index (κ1) is 10.8. The summed E-state index contributed by atoms with van der Waals surface area (Å²) in [5.41, 5.74) is 0. The maximum Gasteiger partial charge on any atom is 0.371 e. The van der Waals surface area contributed by atoms with Crippen LogP contribution in [-0.2, 0) is 6.54 Å². The van der Waals surface area contributed by atoms with Crippen molar-refractivity contribution in [1.82, 2.24) is 4.90 Å². The summed E-state index contributed by atoms with van der Waals surface area (Å²) in [5.74, 6) is -0.322. The highest BCUT2D eigenvalue weighted by Crippen LogP contribution is 2.09. The molecule has 0 aliphatic heterocycles. The summed E-state index contributed by atoms with van der Waals surface area (Å²) in [6.45, 7) is 3.73. The molecule has 1 rings (SSSR count). The van der Waals surface area contributed by atoms with Crippen LogP contribution in [0.1, 0.15) is 29.7 Å². The Morgan fingerprint density at radius 3 is 2.79 bits per heavy atom. The highest BCUT2D eigenvalue weighted by Gasteiger charge is 2.09. The van der Waals surface area contributed by atoms with Gasteiger partial charge in [0.1, 0.15) is 5.76 Å². The number of carbonyl (C=O) groups is 1. The minimum atomic E-state index is -1.02. The molecule has 0 saturated heterocycles. The van der Waals surface area contributed by atoms with Gasteiger partial charge in [-0.05, 0) is 32.1 Å². The highest BCUT2D eigenvalue weighted by molar-refractivity contribution is 5.84. The molecule has 0 amide bonds. The lowest BCUT2D eigenvalue weighted by molar-refractivity contribution is 0.0658. The van der Waals surface area contributed by atoms with E-state index in [0.717, 1.165) is 13.0 Å². The van der Waals surface area contributed by atoms with Gasteiger partial charge >= 0.3 is 5.97 Å². The molecule has 1 aromatic heterocycles. The van der Waals surface area contributed by atoms with Crippen LogP contribution >= 0.6 is 0 Å².